The van der Waals surface area contributed by atoms with Crippen LogP contribution in [0.5, 0.6) is 0 Å². The summed E-state index contributed by atoms with van der Waals surface area (Å²) in [5.74, 6) is 0. The molecule has 0 saturated carbocycles. The molecule has 0 saturated heterocycles. The Balaban J connectivity index is 2.66. The molecule has 0 aromatic heterocycles. The van der Waals surface area contributed by atoms with Crippen LogP contribution in [-0.2, 0) is 10.0 Å². The predicted molar refractivity (Wildman–Crippen MR) is 76.5 cm³/mol. The lowest BCUT2D eigenvalue weighted by Crippen LogP contribution is -2.25. The van der Waals surface area contributed by atoms with Crippen LogP contribution in [0, 0.1) is 11.3 Å². The summed E-state index contributed by atoms with van der Waals surface area (Å²) in [6, 6.07) is 6.92. The zero-order valence-corrected chi connectivity index (χ0v) is 13.5. The first-order valence-corrected chi connectivity index (χ1v) is 8.36. The van der Waals surface area contributed by atoms with Crippen LogP contribution in [-0.4, -0.2) is 15.0 Å². The van der Waals surface area contributed by atoms with Crippen molar-refractivity contribution >= 4 is 41.9 Å². The predicted octanol–water partition coefficient (Wildman–Crippen LogP) is 3.18. The SMILES string of the molecule is N#CCCCCNS(=O)(=O)c1ccc(Br)cc1Br. The number of unbranched alkanes of at least 4 members (excludes halogenated alkanes) is 2. The number of hydrogen-bond acceptors (Lipinski definition) is 3. The number of nitriles is 1. The number of benzene rings is 1. The first kappa shape index (κ1) is 15.6. The van der Waals surface area contributed by atoms with Gasteiger partial charge in [-0.25, -0.2) is 13.1 Å². The molecule has 1 aromatic rings. The van der Waals surface area contributed by atoms with E-state index in [1.165, 1.54) is 6.07 Å². The van der Waals surface area contributed by atoms with Gasteiger partial charge in [0.15, 0.2) is 0 Å². The monoisotopic (exact) mass is 394 g/mol. The van der Waals surface area contributed by atoms with E-state index in [9.17, 15) is 8.42 Å². The fraction of sp³-hybridized carbons (Fsp3) is 0.364. The summed E-state index contributed by atoms with van der Waals surface area (Å²) in [5.41, 5.74) is 0. The molecule has 1 rings (SSSR count). The molecule has 0 atom stereocenters. The van der Waals surface area contributed by atoms with Crippen molar-refractivity contribution in [3.8, 4) is 6.07 Å². The summed E-state index contributed by atoms with van der Waals surface area (Å²) in [5, 5.41) is 8.37. The van der Waals surface area contributed by atoms with E-state index in [2.05, 4.69) is 36.6 Å². The molecule has 0 heterocycles. The van der Waals surface area contributed by atoms with Crippen LogP contribution in [0.2, 0.25) is 0 Å². The van der Waals surface area contributed by atoms with Crippen molar-refractivity contribution in [3.63, 3.8) is 0 Å². The fourth-order valence-electron chi connectivity index (χ4n) is 1.31. The van der Waals surface area contributed by atoms with Crippen molar-refractivity contribution in [1.29, 1.82) is 5.26 Å². The highest BCUT2D eigenvalue weighted by Gasteiger charge is 2.16. The van der Waals surface area contributed by atoms with Crippen LogP contribution in [0.15, 0.2) is 32.0 Å². The van der Waals surface area contributed by atoms with Gasteiger partial charge < -0.3 is 0 Å². The van der Waals surface area contributed by atoms with E-state index in [4.69, 9.17) is 5.26 Å². The quantitative estimate of drug-likeness (QED) is 0.752. The lowest BCUT2D eigenvalue weighted by molar-refractivity contribution is 0.577. The van der Waals surface area contributed by atoms with Crippen molar-refractivity contribution in [1.82, 2.24) is 4.72 Å². The Morgan fingerprint density at radius 3 is 2.61 bits per heavy atom. The van der Waals surface area contributed by atoms with Crippen molar-refractivity contribution in [2.45, 2.75) is 24.2 Å². The van der Waals surface area contributed by atoms with E-state index in [1.54, 1.807) is 12.1 Å². The number of hydrogen-bond donors (Lipinski definition) is 1. The fourth-order valence-corrected chi connectivity index (χ4v) is 4.12. The molecular weight excluding hydrogens is 384 g/mol. The first-order valence-electron chi connectivity index (χ1n) is 5.29. The van der Waals surface area contributed by atoms with Crippen LogP contribution in [0.4, 0.5) is 0 Å². The molecule has 0 aliphatic carbocycles. The molecule has 0 fully saturated rings. The Kier molecular flexibility index (Phi) is 6.29. The highest BCUT2D eigenvalue weighted by molar-refractivity contribution is 9.11. The molecule has 0 amide bonds. The Morgan fingerprint density at radius 2 is 2.00 bits per heavy atom. The molecule has 1 aromatic carbocycles. The van der Waals surface area contributed by atoms with E-state index in [1.807, 2.05) is 6.07 Å². The van der Waals surface area contributed by atoms with Crippen molar-refractivity contribution < 1.29 is 8.42 Å². The average Bonchev–Trinajstić information content (AvgIpc) is 2.28. The molecular formula is C11H12Br2N2O2S. The minimum Gasteiger partial charge on any atom is -0.211 e. The smallest absolute Gasteiger partial charge is 0.211 e. The molecule has 0 aliphatic heterocycles. The summed E-state index contributed by atoms with van der Waals surface area (Å²) in [6.07, 6.45) is 1.80. The Hall–Kier alpha value is -0.420. The molecule has 0 spiro atoms. The standard InChI is InChI=1S/C11H12Br2N2O2S/c12-9-4-5-11(10(13)8-9)18(16,17)15-7-3-1-2-6-14/h4-5,8,15H,1-3,7H2. The molecule has 18 heavy (non-hydrogen) atoms. The molecule has 98 valence electrons. The molecule has 4 nitrogen and oxygen atoms in total. The van der Waals surface area contributed by atoms with Gasteiger partial charge in [-0.15, -0.1) is 0 Å². The summed E-state index contributed by atoms with van der Waals surface area (Å²) in [7, 11) is -3.50. The van der Waals surface area contributed by atoms with Crippen molar-refractivity contribution in [2.24, 2.45) is 0 Å². The summed E-state index contributed by atoms with van der Waals surface area (Å²) >= 11 is 6.49. The maximum absolute atomic E-state index is 12.0. The van der Waals surface area contributed by atoms with Crippen molar-refractivity contribution in [3.05, 3.63) is 27.1 Å². The average molecular weight is 396 g/mol. The number of halogens is 2. The van der Waals surface area contributed by atoms with E-state index in [0.29, 0.717) is 30.3 Å². The molecule has 0 bridgehead atoms. The third kappa shape index (κ3) is 4.69. The van der Waals surface area contributed by atoms with Crippen LogP contribution in [0.1, 0.15) is 19.3 Å². The van der Waals surface area contributed by atoms with Gasteiger partial charge in [0.05, 0.1) is 11.0 Å². The second-order valence-corrected chi connectivity index (χ2v) is 7.09. The normalized spacial score (nSPS) is 11.2. The highest BCUT2D eigenvalue weighted by Crippen LogP contribution is 2.25. The third-order valence-corrected chi connectivity index (χ3v) is 5.12. The second-order valence-electron chi connectivity index (χ2n) is 3.59. The van der Waals surface area contributed by atoms with E-state index < -0.39 is 10.0 Å². The highest BCUT2D eigenvalue weighted by atomic mass is 79.9. The van der Waals surface area contributed by atoms with Crippen LogP contribution in [0.25, 0.3) is 0 Å². The van der Waals surface area contributed by atoms with Gasteiger partial charge in [0, 0.05) is 21.9 Å². The Bertz CT molecular complexity index is 553. The van der Waals surface area contributed by atoms with Gasteiger partial charge in [0.1, 0.15) is 0 Å². The minimum atomic E-state index is -3.50. The van der Waals surface area contributed by atoms with E-state index >= 15 is 0 Å². The van der Waals surface area contributed by atoms with Crippen LogP contribution in [0.3, 0.4) is 0 Å². The second kappa shape index (κ2) is 7.24. The van der Waals surface area contributed by atoms with E-state index in [0.717, 1.165) is 4.47 Å². The topological polar surface area (TPSA) is 70.0 Å². The number of nitrogens with one attached hydrogen (secondary N) is 1. The van der Waals surface area contributed by atoms with Gasteiger partial charge in [0.2, 0.25) is 10.0 Å². The van der Waals surface area contributed by atoms with Gasteiger partial charge in [-0.3, -0.25) is 0 Å². The van der Waals surface area contributed by atoms with E-state index in [-0.39, 0.29) is 4.90 Å². The third-order valence-electron chi connectivity index (χ3n) is 2.19. The molecule has 0 aliphatic rings. The number of nitrogens with zero attached hydrogens (tertiary/aromatic N) is 1. The largest absolute Gasteiger partial charge is 0.241 e. The maximum atomic E-state index is 12.0. The zero-order chi connectivity index (χ0) is 13.6. The summed E-state index contributed by atoms with van der Waals surface area (Å²) in [6.45, 7) is 0.340. The summed E-state index contributed by atoms with van der Waals surface area (Å²) in [4.78, 5) is 0.214. The first-order chi connectivity index (χ1) is 8.47. The lowest BCUT2D eigenvalue weighted by Gasteiger charge is -2.08. The van der Waals surface area contributed by atoms with Gasteiger partial charge in [-0.1, -0.05) is 15.9 Å². The summed E-state index contributed by atoms with van der Waals surface area (Å²) < 4.78 is 27.8. The Morgan fingerprint density at radius 1 is 1.28 bits per heavy atom. The molecule has 1 N–H and O–H groups in total. The maximum Gasteiger partial charge on any atom is 0.241 e. The van der Waals surface area contributed by atoms with Crippen LogP contribution < -0.4 is 4.72 Å². The lowest BCUT2D eigenvalue weighted by atomic mass is 10.2. The molecule has 0 unspecified atom stereocenters. The minimum absolute atomic E-state index is 0.214. The van der Waals surface area contributed by atoms with Crippen molar-refractivity contribution in [2.75, 3.05) is 6.54 Å². The Labute approximate surface area is 124 Å². The number of rotatable bonds is 6. The van der Waals surface area contributed by atoms with Gasteiger partial charge in [-0.05, 0) is 47.0 Å². The molecule has 7 heteroatoms. The van der Waals surface area contributed by atoms with Crippen LogP contribution >= 0.6 is 31.9 Å². The zero-order valence-electron chi connectivity index (χ0n) is 9.49. The van der Waals surface area contributed by atoms with Gasteiger partial charge >= 0.3 is 0 Å². The van der Waals surface area contributed by atoms with Gasteiger partial charge in [-0.2, -0.15) is 5.26 Å². The van der Waals surface area contributed by atoms with Gasteiger partial charge in [0.25, 0.3) is 0 Å². The molecule has 0 radical (unpaired) electrons. The number of sulfonamides is 1.